The zero-order valence-electron chi connectivity index (χ0n) is 12.0. The first kappa shape index (κ1) is 15.9. The van der Waals surface area contributed by atoms with E-state index in [1.807, 2.05) is 0 Å². The van der Waals surface area contributed by atoms with E-state index in [4.69, 9.17) is 0 Å². The standard InChI is InChI=1S/C13H24N4OS/c1-4-8-15-13-17-16-12(19-13)11(18)14-9-6-5-7-10(2)3/h10H,4-9H2,1-3H3,(H,14,18)(H,15,17). The molecule has 1 heterocycles. The van der Waals surface area contributed by atoms with Crippen LogP contribution in [0, 0.1) is 5.92 Å². The first-order chi connectivity index (χ1) is 9.13. The van der Waals surface area contributed by atoms with E-state index in [9.17, 15) is 4.79 Å². The molecule has 0 unspecified atom stereocenters. The Morgan fingerprint density at radius 1 is 1.26 bits per heavy atom. The van der Waals surface area contributed by atoms with Crippen LogP contribution in [0.4, 0.5) is 5.13 Å². The Balaban J connectivity index is 2.23. The first-order valence-electron chi connectivity index (χ1n) is 6.99. The average Bonchev–Trinajstić information content (AvgIpc) is 2.84. The van der Waals surface area contributed by atoms with Crippen LogP contribution in [0.15, 0.2) is 0 Å². The summed E-state index contributed by atoms with van der Waals surface area (Å²) < 4.78 is 0. The smallest absolute Gasteiger partial charge is 0.282 e. The molecule has 0 radical (unpaired) electrons. The second-order valence-electron chi connectivity index (χ2n) is 4.98. The summed E-state index contributed by atoms with van der Waals surface area (Å²) >= 11 is 1.30. The van der Waals surface area contributed by atoms with Crippen LogP contribution >= 0.6 is 11.3 Å². The molecule has 0 saturated heterocycles. The maximum Gasteiger partial charge on any atom is 0.282 e. The van der Waals surface area contributed by atoms with Gasteiger partial charge in [-0.25, -0.2) is 0 Å². The van der Waals surface area contributed by atoms with Crippen molar-refractivity contribution in [1.29, 1.82) is 0 Å². The Morgan fingerprint density at radius 3 is 2.74 bits per heavy atom. The fourth-order valence-corrected chi connectivity index (χ4v) is 2.26. The second-order valence-corrected chi connectivity index (χ2v) is 5.96. The lowest BCUT2D eigenvalue weighted by Crippen LogP contribution is -2.24. The number of hydrogen-bond donors (Lipinski definition) is 2. The number of aromatic nitrogens is 2. The minimum absolute atomic E-state index is 0.119. The van der Waals surface area contributed by atoms with Gasteiger partial charge in [0.05, 0.1) is 0 Å². The summed E-state index contributed by atoms with van der Waals surface area (Å²) in [5.74, 6) is 0.609. The lowest BCUT2D eigenvalue weighted by Gasteiger charge is -2.04. The molecule has 0 aromatic carbocycles. The predicted molar refractivity (Wildman–Crippen MR) is 79.7 cm³/mol. The van der Waals surface area contributed by atoms with Crippen molar-refractivity contribution in [3.8, 4) is 0 Å². The summed E-state index contributed by atoms with van der Waals surface area (Å²) in [6.45, 7) is 8.07. The fraction of sp³-hybridized carbons (Fsp3) is 0.769. The molecule has 6 heteroatoms. The zero-order chi connectivity index (χ0) is 14.1. The highest BCUT2D eigenvalue weighted by Crippen LogP contribution is 2.14. The molecule has 1 aromatic heterocycles. The topological polar surface area (TPSA) is 66.9 Å². The van der Waals surface area contributed by atoms with E-state index in [-0.39, 0.29) is 5.91 Å². The number of hydrogen-bond acceptors (Lipinski definition) is 5. The number of rotatable bonds is 9. The van der Waals surface area contributed by atoms with E-state index in [2.05, 4.69) is 41.6 Å². The van der Waals surface area contributed by atoms with Gasteiger partial charge in [0.2, 0.25) is 10.1 Å². The summed E-state index contributed by atoms with van der Waals surface area (Å²) in [6.07, 6.45) is 4.40. The van der Waals surface area contributed by atoms with Crippen molar-refractivity contribution in [3.63, 3.8) is 0 Å². The molecule has 0 aliphatic heterocycles. The first-order valence-corrected chi connectivity index (χ1v) is 7.80. The number of unbranched alkanes of at least 4 members (excludes halogenated alkanes) is 1. The van der Waals surface area contributed by atoms with Crippen LogP contribution in [0.5, 0.6) is 0 Å². The average molecular weight is 284 g/mol. The molecule has 19 heavy (non-hydrogen) atoms. The fourth-order valence-electron chi connectivity index (χ4n) is 1.57. The van der Waals surface area contributed by atoms with Crippen molar-refractivity contribution < 1.29 is 4.79 Å². The van der Waals surface area contributed by atoms with E-state index in [1.54, 1.807) is 0 Å². The predicted octanol–water partition coefficient (Wildman–Crippen LogP) is 2.92. The van der Waals surface area contributed by atoms with Gasteiger partial charge >= 0.3 is 0 Å². The molecule has 0 spiro atoms. The van der Waals surface area contributed by atoms with Crippen molar-refractivity contribution in [2.45, 2.75) is 46.5 Å². The van der Waals surface area contributed by atoms with Gasteiger partial charge in [-0.2, -0.15) is 0 Å². The van der Waals surface area contributed by atoms with Crippen molar-refractivity contribution in [1.82, 2.24) is 15.5 Å². The van der Waals surface area contributed by atoms with Gasteiger partial charge in [-0.05, 0) is 18.8 Å². The Kier molecular flexibility index (Phi) is 7.40. The third kappa shape index (κ3) is 6.52. The number of anilines is 1. The van der Waals surface area contributed by atoms with E-state index in [0.29, 0.717) is 16.7 Å². The quantitative estimate of drug-likeness (QED) is 0.684. The number of nitrogens with zero attached hydrogens (tertiary/aromatic N) is 2. The van der Waals surface area contributed by atoms with Crippen LogP contribution in [-0.4, -0.2) is 29.2 Å². The van der Waals surface area contributed by atoms with Gasteiger partial charge in [0.15, 0.2) is 0 Å². The van der Waals surface area contributed by atoms with E-state index in [0.717, 1.165) is 31.7 Å². The number of carbonyl (C=O) groups excluding carboxylic acids is 1. The lowest BCUT2D eigenvalue weighted by molar-refractivity contribution is 0.0952. The Hall–Kier alpha value is -1.17. The summed E-state index contributed by atoms with van der Waals surface area (Å²) in [6, 6.07) is 0. The van der Waals surface area contributed by atoms with Crippen molar-refractivity contribution in [2.24, 2.45) is 5.92 Å². The third-order valence-electron chi connectivity index (χ3n) is 2.64. The van der Waals surface area contributed by atoms with Gasteiger partial charge in [0, 0.05) is 13.1 Å². The normalized spacial score (nSPS) is 10.7. The lowest BCUT2D eigenvalue weighted by atomic mass is 10.1. The van der Waals surface area contributed by atoms with Crippen molar-refractivity contribution in [3.05, 3.63) is 5.01 Å². The summed E-state index contributed by atoms with van der Waals surface area (Å²) in [5, 5.41) is 15.0. The Bertz CT molecular complexity index is 378. The van der Waals surface area contributed by atoms with Crippen LogP contribution in [-0.2, 0) is 0 Å². The zero-order valence-corrected chi connectivity index (χ0v) is 12.8. The summed E-state index contributed by atoms with van der Waals surface area (Å²) in [5.41, 5.74) is 0. The highest BCUT2D eigenvalue weighted by molar-refractivity contribution is 7.17. The maximum atomic E-state index is 11.8. The number of amides is 1. The number of nitrogens with one attached hydrogen (secondary N) is 2. The van der Waals surface area contributed by atoms with Crippen LogP contribution < -0.4 is 10.6 Å². The molecule has 0 bridgehead atoms. The molecule has 5 nitrogen and oxygen atoms in total. The molecular formula is C13H24N4OS. The molecular weight excluding hydrogens is 260 g/mol. The molecule has 0 fully saturated rings. The SMILES string of the molecule is CCCNc1nnc(C(=O)NCCCCC(C)C)s1. The minimum atomic E-state index is -0.119. The van der Waals surface area contributed by atoms with Gasteiger partial charge in [0.25, 0.3) is 5.91 Å². The van der Waals surface area contributed by atoms with Gasteiger partial charge in [-0.1, -0.05) is 44.9 Å². The van der Waals surface area contributed by atoms with Crippen LogP contribution in [0.2, 0.25) is 0 Å². The highest BCUT2D eigenvalue weighted by Gasteiger charge is 2.11. The molecule has 0 aliphatic carbocycles. The third-order valence-corrected chi connectivity index (χ3v) is 3.52. The molecule has 1 aromatic rings. The van der Waals surface area contributed by atoms with Gasteiger partial charge < -0.3 is 10.6 Å². The molecule has 0 aliphatic rings. The highest BCUT2D eigenvalue weighted by atomic mass is 32.1. The van der Waals surface area contributed by atoms with Gasteiger partial charge in [0.1, 0.15) is 0 Å². The second kappa shape index (κ2) is 8.85. The Morgan fingerprint density at radius 2 is 2.05 bits per heavy atom. The van der Waals surface area contributed by atoms with Crippen LogP contribution in [0.3, 0.4) is 0 Å². The van der Waals surface area contributed by atoms with Crippen molar-refractivity contribution in [2.75, 3.05) is 18.4 Å². The molecule has 1 rings (SSSR count). The Labute approximate surface area is 119 Å². The molecule has 0 saturated carbocycles. The molecule has 2 N–H and O–H groups in total. The molecule has 108 valence electrons. The minimum Gasteiger partial charge on any atom is -0.360 e. The van der Waals surface area contributed by atoms with E-state index in [1.165, 1.54) is 17.8 Å². The van der Waals surface area contributed by atoms with Crippen LogP contribution in [0.25, 0.3) is 0 Å². The monoisotopic (exact) mass is 284 g/mol. The van der Waals surface area contributed by atoms with E-state index >= 15 is 0 Å². The van der Waals surface area contributed by atoms with Gasteiger partial charge in [-0.15, -0.1) is 10.2 Å². The van der Waals surface area contributed by atoms with E-state index < -0.39 is 0 Å². The largest absolute Gasteiger partial charge is 0.360 e. The summed E-state index contributed by atoms with van der Waals surface area (Å²) in [7, 11) is 0. The number of carbonyl (C=O) groups is 1. The van der Waals surface area contributed by atoms with Crippen molar-refractivity contribution >= 4 is 22.4 Å². The molecule has 0 atom stereocenters. The van der Waals surface area contributed by atoms with Gasteiger partial charge in [-0.3, -0.25) is 4.79 Å². The molecule has 1 amide bonds. The maximum absolute atomic E-state index is 11.8. The summed E-state index contributed by atoms with van der Waals surface area (Å²) in [4.78, 5) is 11.8. The van der Waals surface area contributed by atoms with Crippen LogP contribution in [0.1, 0.15) is 56.3 Å².